The zero-order valence-electron chi connectivity index (χ0n) is 25.7. The lowest BCUT2D eigenvalue weighted by Gasteiger charge is -2.46. The Hall–Kier alpha value is -2.78. The van der Waals surface area contributed by atoms with E-state index < -0.39 is 36.6 Å². The van der Waals surface area contributed by atoms with Crippen molar-refractivity contribution in [2.75, 3.05) is 26.3 Å². The van der Waals surface area contributed by atoms with Crippen molar-refractivity contribution >= 4 is 24.3 Å². The molecule has 2 aliphatic heterocycles. The van der Waals surface area contributed by atoms with Gasteiger partial charge in [-0.2, -0.15) is 0 Å². The van der Waals surface area contributed by atoms with E-state index in [1.54, 1.807) is 12.2 Å². The molecule has 2 heterocycles. The van der Waals surface area contributed by atoms with Gasteiger partial charge < -0.3 is 29.6 Å². The Balaban J connectivity index is 1.27. The van der Waals surface area contributed by atoms with E-state index in [0.717, 1.165) is 25.7 Å². The van der Waals surface area contributed by atoms with E-state index in [0.29, 0.717) is 25.9 Å². The lowest BCUT2D eigenvalue weighted by atomic mass is 9.62. The second-order valence-electron chi connectivity index (χ2n) is 15.1. The fourth-order valence-corrected chi connectivity index (χ4v) is 8.47. The lowest BCUT2D eigenvalue weighted by Crippen LogP contribution is -2.49. The van der Waals surface area contributed by atoms with Crippen molar-refractivity contribution in [1.29, 1.82) is 0 Å². The van der Waals surface area contributed by atoms with Gasteiger partial charge in [-0.3, -0.25) is 0 Å². The first-order chi connectivity index (χ1) is 19.6. The van der Waals surface area contributed by atoms with E-state index in [1.165, 1.54) is 0 Å². The number of carbonyl (C=O) groups is 2. The number of nitrogens with zero attached hydrogens (tertiary/aromatic N) is 2. The molecule has 0 aromatic heterocycles. The smallest absolute Gasteiger partial charge is 0.407 e. The predicted octanol–water partition coefficient (Wildman–Crippen LogP) is 3.82. The van der Waals surface area contributed by atoms with Crippen LogP contribution in [0.1, 0.15) is 80.1 Å². The normalized spacial score (nSPS) is 38.2. The van der Waals surface area contributed by atoms with Gasteiger partial charge in [-0.05, 0) is 60.2 Å². The van der Waals surface area contributed by atoms with Gasteiger partial charge in [-0.15, -0.1) is 0 Å². The van der Waals surface area contributed by atoms with Crippen molar-refractivity contribution in [1.82, 2.24) is 10.6 Å². The highest BCUT2D eigenvalue weighted by Crippen LogP contribution is 2.47. The van der Waals surface area contributed by atoms with Gasteiger partial charge >= 0.3 is 12.2 Å². The number of rotatable bonds is 8. The van der Waals surface area contributed by atoms with Crippen LogP contribution in [-0.2, 0) is 28.5 Å². The van der Waals surface area contributed by atoms with Crippen LogP contribution in [-0.4, -0.2) is 87.1 Å². The number of alkyl carbamates (subject to hydrolysis) is 2. The number of fused-ring (bicyclic) bond motifs is 1. The number of amides is 2. The van der Waals surface area contributed by atoms with E-state index in [-0.39, 0.29) is 47.0 Å². The second kappa shape index (κ2) is 12.4. The number of nitrogens with one attached hydrogen (secondary N) is 2. The summed E-state index contributed by atoms with van der Waals surface area (Å²) < 4.78 is 23.2. The monoisotopic (exact) mass is 590 g/mol. The Morgan fingerprint density at radius 2 is 1.10 bits per heavy atom. The van der Waals surface area contributed by atoms with E-state index >= 15 is 0 Å². The third-order valence-electron chi connectivity index (χ3n) is 9.06. The Labute approximate surface area is 247 Å². The molecule has 8 unspecified atom stereocenters. The SMILES string of the molecule is CC1(C)CC(NC(=O)OC2COC3C(OC(=O)NC4CC(C)(C)CC(C)(CN=C=O)C4)COC23)CC(C)(CN=C=O)C1. The van der Waals surface area contributed by atoms with Crippen LogP contribution in [0.15, 0.2) is 9.98 Å². The van der Waals surface area contributed by atoms with E-state index in [9.17, 15) is 19.2 Å². The zero-order valence-corrected chi connectivity index (χ0v) is 25.7. The van der Waals surface area contributed by atoms with Crippen LogP contribution in [0.2, 0.25) is 0 Å². The van der Waals surface area contributed by atoms with E-state index in [1.807, 2.05) is 0 Å². The predicted molar refractivity (Wildman–Crippen MR) is 151 cm³/mol. The Morgan fingerprint density at radius 3 is 1.45 bits per heavy atom. The molecule has 8 atom stereocenters. The molecule has 42 heavy (non-hydrogen) atoms. The molecule has 2 saturated heterocycles. The highest BCUT2D eigenvalue weighted by atomic mass is 16.7. The third kappa shape index (κ3) is 8.19. The zero-order chi connectivity index (χ0) is 30.8. The van der Waals surface area contributed by atoms with Crippen molar-refractivity contribution in [2.24, 2.45) is 31.6 Å². The average Bonchev–Trinajstić information content (AvgIpc) is 3.42. The summed E-state index contributed by atoms with van der Waals surface area (Å²) in [5.74, 6) is 0. The molecule has 234 valence electrons. The first kappa shape index (κ1) is 32.1. The second-order valence-corrected chi connectivity index (χ2v) is 15.1. The fourth-order valence-electron chi connectivity index (χ4n) is 8.47. The van der Waals surface area contributed by atoms with Gasteiger partial charge in [0.05, 0.1) is 26.3 Å². The third-order valence-corrected chi connectivity index (χ3v) is 9.06. The van der Waals surface area contributed by atoms with Crippen LogP contribution >= 0.6 is 0 Å². The first-order valence-corrected chi connectivity index (χ1v) is 14.9. The number of hydrogen-bond acceptors (Lipinski definition) is 10. The number of isocyanates is 2. The van der Waals surface area contributed by atoms with Crippen LogP contribution in [0.4, 0.5) is 9.59 Å². The molecule has 2 amide bonds. The van der Waals surface area contributed by atoms with Crippen molar-refractivity contribution in [3.05, 3.63) is 0 Å². The number of carbonyl (C=O) groups excluding carboxylic acids is 4. The number of ether oxygens (including phenoxy) is 4. The molecule has 0 aromatic carbocycles. The van der Waals surface area contributed by atoms with Gasteiger partial charge in [0.25, 0.3) is 0 Å². The minimum atomic E-state index is -0.632. The molecule has 4 aliphatic rings. The van der Waals surface area contributed by atoms with E-state index in [2.05, 4.69) is 62.2 Å². The molecule has 0 spiro atoms. The van der Waals surface area contributed by atoms with Gasteiger partial charge in [0.1, 0.15) is 12.2 Å². The molecule has 2 saturated carbocycles. The topological polar surface area (TPSA) is 154 Å². The minimum Gasteiger partial charge on any atom is -0.441 e. The molecule has 4 fully saturated rings. The van der Waals surface area contributed by atoms with Crippen LogP contribution in [0.3, 0.4) is 0 Å². The first-order valence-electron chi connectivity index (χ1n) is 14.9. The van der Waals surface area contributed by atoms with Crippen LogP contribution in [0, 0.1) is 21.7 Å². The standard InChI is InChI=1S/C30H46N4O8/c1-27(2)7-19(9-29(5,13-27)15-31-17-35)33-25(37)41-21-11-39-24-22(12-40-23(21)24)42-26(38)34-20-8-28(3,4)14-30(6,10-20)16-32-18-36/h19-24H,7-16H2,1-6H3,(H,33,37)(H,34,38). The number of aliphatic imine (C=N–C) groups is 2. The summed E-state index contributed by atoms with van der Waals surface area (Å²) in [5, 5.41) is 5.98. The molecule has 12 nitrogen and oxygen atoms in total. The lowest BCUT2D eigenvalue weighted by molar-refractivity contribution is -0.0156. The van der Waals surface area contributed by atoms with Gasteiger partial charge in [0, 0.05) is 12.1 Å². The highest BCUT2D eigenvalue weighted by molar-refractivity contribution is 5.68. The quantitative estimate of drug-likeness (QED) is 0.320. The molecule has 12 heteroatoms. The summed E-state index contributed by atoms with van der Waals surface area (Å²) in [7, 11) is 0. The molecule has 2 N–H and O–H groups in total. The Kier molecular flexibility index (Phi) is 9.53. The van der Waals surface area contributed by atoms with Gasteiger partial charge in [0.2, 0.25) is 12.2 Å². The molecule has 0 radical (unpaired) electrons. The van der Waals surface area contributed by atoms with Crippen molar-refractivity contribution in [2.45, 2.75) is 117 Å². The Morgan fingerprint density at radius 1 is 0.714 bits per heavy atom. The molecule has 0 bridgehead atoms. The van der Waals surface area contributed by atoms with Gasteiger partial charge in [-0.1, -0.05) is 41.5 Å². The maximum absolute atomic E-state index is 12.9. The van der Waals surface area contributed by atoms with Crippen molar-refractivity contribution < 1.29 is 38.1 Å². The van der Waals surface area contributed by atoms with Crippen LogP contribution in [0.25, 0.3) is 0 Å². The summed E-state index contributed by atoms with van der Waals surface area (Å²) in [6, 6.07) is -0.264. The maximum Gasteiger partial charge on any atom is 0.407 e. The molecule has 0 aromatic rings. The largest absolute Gasteiger partial charge is 0.441 e. The summed E-state index contributed by atoms with van der Waals surface area (Å²) >= 11 is 0. The summed E-state index contributed by atoms with van der Waals surface area (Å²) in [6.45, 7) is 13.7. The fraction of sp³-hybridized carbons (Fsp3) is 0.867. The molecule has 2 aliphatic carbocycles. The summed E-state index contributed by atoms with van der Waals surface area (Å²) in [6.07, 6.45) is 4.47. The van der Waals surface area contributed by atoms with Crippen LogP contribution in [0.5, 0.6) is 0 Å². The summed E-state index contributed by atoms with van der Waals surface area (Å²) in [4.78, 5) is 54.8. The molecular formula is C30H46N4O8. The van der Waals surface area contributed by atoms with Gasteiger partial charge in [-0.25, -0.2) is 29.2 Å². The van der Waals surface area contributed by atoms with Crippen LogP contribution < -0.4 is 10.6 Å². The highest BCUT2D eigenvalue weighted by Gasteiger charge is 2.52. The molecule has 4 rings (SSSR count). The van der Waals surface area contributed by atoms with Crippen molar-refractivity contribution in [3.8, 4) is 0 Å². The molecular weight excluding hydrogens is 544 g/mol. The maximum atomic E-state index is 12.9. The Bertz CT molecular complexity index is 1030. The van der Waals surface area contributed by atoms with Crippen molar-refractivity contribution in [3.63, 3.8) is 0 Å². The van der Waals surface area contributed by atoms with Gasteiger partial charge in [0.15, 0.2) is 12.2 Å². The van der Waals surface area contributed by atoms with E-state index in [4.69, 9.17) is 18.9 Å². The summed E-state index contributed by atoms with van der Waals surface area (Å²) in [5.41, 5.74) is -0.540. The minimum absolute atomic E-state index is 0.0416. The number of hydrogen-bond donors (Lipinski definition) is 2. The average molecular weight is 591 g/mol.